The summed E-state index contributed by atoms with van der Waals surface area (Å²) < 4.78 is 5.81. The van der Waals surface area contributed by atoms with Gasteiger partial charge in [0, 0.05) is 25.0 Å². The van der Waals surface area contributed by atoms with Crippen LogP contribution in [0.25, 0.3) is 0 Å². The lowest BCUT2D eigenvalue weighted by Crippen LogP contribution is -2.38. The van der Waals surface area contributed by atoms with Crippen molar-refractivity contribution in [1.82, 2.24) is 9.88 Å². The zero-order valence-electron chi connectivity index (χ0n) is 14.2. The fourth-order valence-corrected chi connectivity index (χ4v) is 3.79. The summed E-state index contributed by atoms with van der Waals surface area (Å²) in [5.74, 6) is -0.990. The van der Waals surface area contributed by atoms with Crippen LogP contribution in [-0.2, 0) is 11.3 Å². The number of nitrogens with zero attached hydrogens (tertiary/aromatic N) is 2. The number of morpholine rings is 1. The van der Waals surface area contributed by atoms with Gasteiger partial charge in [0.1, 0.15) is 11.1 Å². The second-order valence-corrected chi connectivity index (χ2v) is 7.22. The Labute approximate surface area is 145 Å². The van der Waals surface area contributed by atoms with Gasteiger partial charge < -0.3 is 9.84 Å². The van der Waals surface area contributed by atoms with Gasteiger partial charge in [-0.15, -0.1) is 11.3 Å². The molecule has 5 nitrogen and oxygen atoms in total. The first-order chi connectivity index (χ1) is 11.4. The summed E-state index contributed by atoms with van der Waals surface area (Å²) in [6, 6.07) is 4.50. The van der Waals surface area contributed by atoms with Crippen LogP contribution in [0.2, 0.25) is 0 Å². The quantitative estimate of drug-likeness (QED) is 0.920. The van der Waals surface area contributed by atoms with Crippen molar-refractivity contribution in [3.63, 3.8) is 0 Å². The van der Waals surface area contributed by atoms with E-state index in [1.165, 1.54) is 33.6 Å². The molecule has 1 unspecified atom stereocenters. The van der Waals surface area contributed by atoms with Crippen LogP contribution < -0.4 is 0 Å². The molecule has 0 aliphatic carbocycles. The molecule has 0 saturated carbocycles. The monoisotopic (exact) mass is 346 g/mol. The molecule has 24 heavy (non-hydrogen) atoms. The molecule has 1 N–H and O–H groups in total. The Morgan fingerprint density at radius 2 is 2.08 bits per heavy atom. The fourth-order valence-electron chi connectivity index (χ4n) is 2.96. The van der Waals surface area contributed by atoms with Crippen molar-refractivity contribution in [3.05, 3.63) is 50.5 Å². The lowest BCUT2D eigenvalue weighted by molar-refractivity contribution is -0.0331. The van der Waals surface area contributed by atoms with Crippen LogP contribution in [0.15, 0.2) is 17.5 Å². The second kappa shape index (κ2) is 7.01. The third-order valence-corrected chi connectivity index (χ3v) is 5.45. The number of benzene rings is 1. The van der Waals surface area contributed by atoms with Gasteiger partial charge in [-0.25, -0.2) is 9.78 Å². The maximum atomic E-state index is 11.0. The van der Waals surface area contributed by atoms with Crippen molar-refractivity contribution in [3.8, 4) is 0 Å². The molecule has 1 aromatic heterocycles. The predicted molar refractivity (Wildman–Crippen MR) is 93.7 cm³/mol. The predicted octanol–water partition coefficient (Wildman–Crippen LogP) is 3.34. The second-order valence-electron chi connectivity index (χ2n) is 6.33. The van der Waals surface area contributed by atoms with E-state index in [0.717, 1.165) is 24.6 Å². The summed E-state index contributed by atoms with van der Waals surface area (Å²) in [6.45, 7) is 9.56. The van der Waals surface area contributed by atoms with Crippen LogP contribution in [0.5, 0.6) is 0 Å². The van der Waals surface area contributed by atoms with E-state index in [0.29, 0.717) is 6.61 Å². The van der Waals surface area contributed by atoms with E-state index in [9.17, 15) is 4.79 Å². The van der Waals surface area contributed by atoms with Crippen LogP contribution in [0.4, 0.5) is 0 Å². The lowest BCUT2D eigenvalue weighted by Gasteiger charge is -2.32. The Balaban J connectivity index is 1.71. The number of aromatic nitrogens is 1. The maximum Gasteiger partial charge on any atom is 0.355 e. The molecule has 2 heterocycles. The number of rotatable bonds is 4. The first-order valence-electron chi connectivity index (χ1n) is 8.03. The minimum Gasteiger partial charge on any atom is -0.476 e. The number of carbonyl (C=O) groups is 1. The van der Waals surface area contributed by atoms with Crippen molar-refractivity contribution < 1.29 is 14.6 Å². The van der Waals surface area contributed by atoms with E-state index in [1.807, 2.05) is 0 Å². The normalized spacial score (nSPS) is 18.7. The van der Waals surface area contributed by atoms with Gasteiger partial charge in [-0.3, -0.25) is 4.90 Å². The molecule has 3 rings (SSSR count). The number of aryl methyl sites for hydroxylation is 3. The number of carboxylic acid groups (broad SMARTS) is 1. The Kier molecular flexibility index (Phi) is 4.99. The molecule has 1 aliphatic rings. The van der Waals surface area contributed by atoms with Crippen molar-refractivity contribution in [2.24, 2.45) is 0 Å². The molecule has 1 aliphatic heterocycles. The Morgan fingerprint density at radius 1 is 1.33 bits per heavy atom. The molecule has 1 fully saturated rings. The molecular formula is C18H22N2O3S. The topological polar surface area (TPSA) is 62.7 Å². The lowest BCUT2D eigenvalue weighted by atomic mass is 10.0. The van der Waals surface area contributed by atoms with Crippen LogP contribution >= 0.6 is 11.3 Å². The standard InChI is InChI=1S/C18H22N2O3S/c1-11-6-13(3)14(7-12(11)2)8-20-4-5-23-16(9-20)17-19-15(10-24-17)18(21)22/h6-7,10,16H,4-5,8-9H2,1-3H3,(H,21,22). The Bertz CT molecular complexity index is 757. The molecule has 128 valence electrons. The highest BCUT2D eigenvalue weighted by atomic mass is 32.1. The highest BCUT2D eigenvalue weighted by Gasteiger charge is 2.25. The number of carboxylic acids is 1. The number of ether oxygens (including phenoxy) is 1. The number of thiazole rings is 1. The highest BCUT2D eigenvalue weighted by Crippen LogP contribution is 2.27. The fraction of sp³-hybridized carbons (Fsp3) is 0.444. The van der Waals surface area contributed by atoms with Crippen LogP contribution in [-0.4, -0.2) is 40.7 Å². The molecule has 1 aromatic carbocycles. The van der Waals surface area contributed by atoms with Gasteiger partial charge in [-0.2, -0.15) is 0 Å². The molecule has 1 saturated heterocycles. The van der Waals surface area contributed by atoms with E-state index in [-0.39, 0.29) is 11.8 Å². The zero-order chi connectivity index (χ0) is 17.3. The van der Waals surface area contributed by atoms with Gasteiger partial charge in [-0.05, 0) is 43.0 Å². The maximum absolute atomic E-state index is 11.0. The van der Waals surface area contributed by atoms with E-state index >= 15 is 0 Å². The largest absolute Gasteiger partial charge is 0.476 e. The molecule has 0 amide bonds. The van der Waals surface area contributed by atoms with E-state index in [2.05, 4.69) is 42.8 Å². The average molecular weight is 346 g/mol. The number of hydrogen-bond donors (Lipinski definition) is 1. The molecule has 0 spiro atoms. The van der Waals surface area contributed by atoms with Crippen LogP contribution in [0.3, 0.4) is 0 Å². The first kappa shape index (κ1) is 17.1. The van der Waals surface area contributed by atoms with Crippen molar-refractivity contribution in [2.45, 2.75) is 33.4 Å². The number of hydrogen-bond acceptors (Lipinski definition) is 5. The summed E-state index contributed by atoms with van der Waals surface area (Å²) in [4.78, 5) is 17.5. The van der Waals surface area contributed by atoms with Gasteiger partial charge in [0.2, 0.25) is 0 Å². The van der Waals surface area contributed by atoms with Crippen LogP contribution in [0, 0.1) is 20.8 Å². The first-order valence-corrected chi connectivity index (χ1v) is 8.91. The SMILES string of the molecule is Cc1cc(C)c(CN2CCOC(c3nc(C(=O)O)cs3)C2)cc1C. The zero-order valence-corrected chi connectivity index (χ0v) is 15.0. The number of aromatic carboxylic acids is 1. The summed E-state index contributed by atoms with van der Waals surface area (Å²) in [5.41, 5.74) is 5.37. The molecular weight excluding hydrogens is 324 g/mol. The highest BCUT2D eigenvalue weighted by molar-refractivity contribution is 7.09. The third-order valence-electron chi connectivity index (χ3n) is 4.51. The summed E-state index contributed by atoms with van der Waals surface area (Å²) in [7, 11) is 0. The Hall–Kier alpha value is -1.76. The van der Waals surface area contributed by atoms with E-state index < -0.39 is 5.97 Å². The minimum atomic E-state index is -0.990. The van der Waals surface area contributed by atoms with E-state index in [1.54, 1.807) is 5.38 Å². The van der Waals surface area contributed by atoms with Gasteiger partial charge in [0.25, 0.3) is 0 Å². The molecule has 0 bridgehead atoms. The summed E-state index contributed by atoms with van der Waals surface area (Å²) in [6.07, 6.45) is -0.149. The van der Waals surface area contributed by atoms with Gasteiger partial charge >= 0.3 is 5.97 Å². The van der Waals surface area contributed by atoms with Gasteiger partial charge in [-0.1, -0.05) is 12.1 Å². The van der Waals surface area contributed by atoms with E-state index in [4.69, 9.17) is 9.84 Å². The van der Waals surface area contributed by atoms with Crippen molar-refractivity contribution in [2.75, 3.05) is 19.7 Å². The summed E-state index contributed by atoms with van der Waals surface area (Å²) >= 11 is 1.36. The van der Waals surface area contributed by atoms with Gasteiger partial charge in [0.05, 0.1) is 6.61 Å². The Morgan fingerprint density at radius 3 is 2.79 bits per heavy atom. The molecule has 6 heteroatoms. The van der Waals surface area contributed by atoms with Crippen molar-refractivity contribution in [1.29, 1.82) is 0 Å². The summed E-state index contributed by atoms with van der Waals surface area (Å²) in [5, 5.41) is 11.3. The molecule has 1 atom stereocenters. The average Bonchev–Trinajstić information content (AvgIpc) is 3.03. The van der Waals surface area contributed by atoms with Gasteiger partial charge in [0.15, 0.2) is 5.69 Å². The molecule has 0 radical (unpaired) electrons. The van der Waals surface area contributed by atoms with Crippen molar-refractivity contribution >= 4 is 17.3 Å². The smallest absolute Gasteiger partial charge is 0.355 e. The van der Waals surface area contributed by atoms with Crippen LogP contribution in [0.1, 0.15) is 43.9 Å². The minimum absolute atomic E-state index is 0.0979. The molecule has 2 aromatic rings. The third kappa shape index (κ3) is 3.66.